The van der Waals surface area contributed by atoms with Crippen molar-refractivity contribution >= 4 is 35.2 Å². The molecule has 0 saturated heterocycles. The molecule has 9 heteroatoms. The van der Waals surface area contributed by atoms with Crippen LogP contribution >= 0.6 is 23.2 Å². The molecule has 0 unspecified atom stereocenters. The molecule has 1 heterocycles. The van der Waals surface area contributed by atoms with Crippen molar-refractivity contribution in [2.75, 3.05) is 20.3 Å². The standard InChI is InChI=1S/C24H25Cl2N3O4/c1-4-12-29(15-21-27-28-24(33-21)17-8-6-7-9-18(17)25)22(30)11-10-16-13-19(26)23(31-3)20(14-16)32-5-2/h6-11,13-14H,4-5,12,15H2,1-3H3/b11-10+. The summed E-state index contributed by atoms with van der Waals surface area (Å²) in [5.74, 6) is 1.42. The molecule has 0 atom stereocenters. The summed E-state index contributed by atoms with van der Waals surface area (Å²) >= 11 is 12.5. The molecule has 0 bridgehead atoms. The number of ether oxygens (including phenoxy) is 2. The molecule has 2 aromatic carbocycles. The Morgan fingerprint density at radius 2 is 1.94 bits per heavy atom. The average Bonchev–Trinajstić information content (AvgIpc) is 3.26. The number of rotatable bonds is 10. The van der Waals surface area contributed by atoms with Gasteiger partial charge in [-0.05, 0) is 49.2 Å². The van der Waals surface area contributed by atoms with Gasteiger partial charge in [-0.1, -0.05) is 42.3 Å². The molecule has 0 N–H and O–H groups in total. The molecule has 0 aliphatic heterocycles. The summed E-state index contributed by atoms with van der Waals surface area (Å²) in [5.41, 5.74) is 1.36. The van der Waals surface area contributed by atoms with Crippen molar-refractivity contribution in [3.05, 3.63) is 64.0 Å². The zero-order chi connectivity index (χ0) is 23.8. The van der Waals surface area contributed by atoms with Crippen LogP contribution in [0.5, 0.6) is 11.5 Å². The molecule has 0 spiro atoms. The van der Waals surface area contributed by atoms with E-state index in [2.05, 4.69) is 10.2 Å². The second kappa shape index (κ2) is 11.7. The fourth-order valence-corrected chi connectivity index (χ4v) is 3.69. The molecular weight excluding hydrogens is 465 g/mol. The first-order chi connectivity index (χ1) is 16.0. The van der Waals surface area contributed by atoms with Gasteiger partial charge in [0.2, 0.25) is 17.7 Å². The Kier molecular flexibility index (Phi) is 8.74. The number of carbonyl (C=O) groups excluding carboxylic acids is 1. The van der Waals surface area contributed by atoms with E-state index in [0.717, 1.165) is 6.42 Å². The van der Waals surface area contributed by atoms with Gasteiger partial charge in [0.25, 0.3) is 0 Å². The highest BCUT2D eigenvalue weighted by Gasteiger charge is 2.17. The van der Waals surface area contributed by atoms with Crippen molar-refractivity contribution < 1.29 is 18.7 Å². The third-order valence-corrected chi connectivity index (χ3v) is 5.27. The lowest BCUT2D eigenvalue weighted by atomic mass is 10.1. The minimum Gasteiger partial charge on any atom is -0.491 e. The van der Waals surface area contributed by atoms with Crippen LogP contribution in [0.1, 0.15) is 31.7 Å². The number of benzene rings is 2. The van der Waals surface area contributed by atoms with Crippen molar-refractivity contribution in [2.24, 2.45) is 0 Å². The molecule has 0 fully saturated rings. The lowest BCUT2D eigenvalue weighted by molar-refractivity contribution is -0.126. The lowest BCUT2D eigenvalue weighted by Crippen LogP contribution is -2.29. The van der Waals surface area contributed by atoms with Gasteiger partial charge < -0.3 is 18.8 Å². The fourth-order valence-electron chi connectivity index (χ4n) is 3.18. The molecule has 1 amide bonds. The summed E-state index contributed by atoms with van der Waals surface area (Å²) < 4.78 is 16.6. The second-order valence-electron chi connectivity index (χ2n) is 7.04. The third kappa shape index (κ3) is 6.27. The highest BCUT2D eigenvalue weighted by Crippen LogP contribution is 2.36. The molecular formula is C24H25Cl2N3O4. The number of amides is 1. The molecule has 1 aromatic heterocycles. The highest BCUT2D eigenvalue weighted by molar-refractivity contribution is 6.33. The number of nitrogens with zero attached hydrogens (tertiary/aromatic N) is 3. The molecule has 3 aromatic rings. The first-order valence-electron chi connectivity index (χ1n) is 10.5. The predicted molar refractivity (Wildman–Crippen MR) is 129 cm³/mol. The topological polar surface area (TPSA) is 77.7 Å². The van der Waals surface area contributed by atoms with Crippen LogP contribution in [0.25, 0.3) is 17.5 Å². The van der Waals surface area contributed by atoms with Crippen LogP contribution in [0.15, 0.2) is 46.9 Å². The van der Waals surface area contributed by atoms with E-state index >= 15 is 0 Å². The molecule has 33 heavy (non-hydrogen) atoms. The monoisotopic (exact) mass is 489 g/mol. The van der Waals surface area contributed by atoms with Crippen LogP contribution in [-0.4, -0.2) is 41.3 Å². The largest absolute Gasteiger partial charge is 0.491 e. The van der Waals surface area contributed by atoms with E-state index in [-0.39, 0.29) is 12.5 Å². The number of halogens is 2. The van der Waals surface area contributed by atoms with E-state index in [4.69, 9.17) is 37.1 Å². The molecule has 0 radical (unpaired) electrons. The summed E-state index contributed by atoms with van der Waals surface area (Å²) in [7, 11) is 1.53. The smallest absolute Gasteiger partial charge is 0.249 e. The van der Waals surface area contributed by atoms with E-state index in [9.17, 15) is 4.79 Å². The fraction of sp³-hybridized carbons (Fsp3) is 0.292. The van der Waals surface area contributed by atoms with Crippen LogP contribution in [0.4, 0.5) is 0 Å². The summed E-state index contributed by atoms with van der Waals surface area (Å²) in [4.78, 5) is 14.5. The average molecular weight is 490 g/mol. The Morgan fingerprint density at radius 1 is 1.15 bits per heavy atom. The zero-order valence-corrected chi connectivity index (χ0v) is 20.2. The van der Waals surface area contributed by atoms with Gasteiger partial charge >= 0.3 is 0 Å². The third-order valence-electron chi connectivity index (χ3n) is 4.66. The second-order valence-corrected chi connectivity index (χ2v) is 7.86. The van der Waals surface area contributed by atoms with Gasteiger partial charge in [-0.2, -0.15) is 0 Å². The maximum absolute atomic E-state index is 12.9. The van der Waals surface area contributed by atoms with Gasteiger partial charge in [-0.3, -0.25) is 4.79 Å². The maximum Gasteiger partial charge on any atom is 0.249 e. The molecule has 0 aliphatic carbocycles. The van der Waals surface area contributed by atoms with Crippen molar-refractivity contribution in [3.8, 4) is 23.0 Å². The minimum absolute atomic E-state index is 0.183. The van der Waals surface area contributed by atoms with Gasteiger partial charge in [0.15, 0.2) is 11.5 Å². The number of hydrogen-bond acceptors (Lipinski definition) is 6. The Balaban J connectivity index is 1.76. The highest BCUT2D eigenvalue weighted by atomic mass is 35.5. The van der Waals surface area contributed by atoms with Crippen molar-refractivity contribution in [3.63, 3.8) is 0 Å². The summed E-state index contributed by atoms with van der Waals surface area (Å²) in [6, 6.07) is 10.7. The van der Waals surface area contributed by atoms with Gasteiger partial charge in [-0.25, -0.2) is 0 Å². The van der Waals surface area contributed by atoms with E-state index < -0.39 is 0 Å². The van der Waals surface area contributed by atoms with Crippen molar-refractivity contribution in [1.29, 1.82) is 0 Å². The van der Waals surface area contributed by atoms with E-state index in [1.54, 1.807) is 35.2 Å². The normalized spacial score (nSPS) is 11.1. The van der Waals surface area contributed by atoms with Crippen molar-refractivity contribution in [1.82, 2.24) is 15.1 Å². The quantitative estimate of drug-likeness (QED) is 0.329. The van der Waals surface area contributed by atoms with Crippen LogP contribution in [0.3, 0.4) is 0 Å². The Hall–Kier alpha value is -3.03. The molecule has 7 nitrogen and oxygen atoms in total. The van der Waals surface area contributed by atoms with E-state index in [0.29, 0.717) is 57.6 Å². The number of methoxy groups -OCH3 is 1. The molecule has 0 aliphatic rings. The van der Waals surface area contributed by atoms with Crippen LogP contribution in [-0.2, 0) is 11.3 Å². The zero-order valence-electron chi connectivity index (χ0n) is 18.7. The van der Waals surface area contributed by atoms with E-state index in [1.807, 2.05) is 26.0 Å². The number of hydrogen-bond donors (Lipinski definition) is 0. The summed E-state index contributed by atoms with van der Waals surface area (Å²) in [5, 5.41) is 9.06. The van der Waals surface area contributed by atoms with Crippen LogP contribution in [0, 0.1) is 0 Å². The summed E-state index contributed by atoms with van der Waals surface area (Å²) in [6.45, 7) is 5.04. The SMILES string of the molecule is CCCN(Cc1nnc(-c2ccccc2Cl)o1)C(=O)/C=C/c1cc(Cl)c(OC)c(OCC)c1. The van der Waals surface area contributed by atoms with Gasteiger partial charge in [0, 0.05) is 12.6 Å². The first kappa shape index (κ1) is 24.6. The van der Waals surface area contributed by atoms with Crippen LogP contribution in [0.2, 0.25) is 10.0 Å². The minimum atomic E-state index is -0.195. The van der Waals surface area contributed by atoms with Gasteiger partial charge in [-0.15, -0.1) is 10.2 Å². The van der Waals surface area contributed by atoms with Gasteiger partial charge in [0.05, 0.1) is 35.9 Å². The Labute approximate surface area is 202 Å². The number of carbonyl (C=O) groups is 1. The molecule has 174 valence electrons. The Morgan fingerprint density at radius 3 is 2.64 bits per heavy atom. The maximum atomic E-state index is 12.9. The van der Waals surface area contributed by atoms with Gasteiger partial charge in [0.1, 0.15) is 0 Å². The van der Waals surface area contributed by atoms with Crippen molar-refractivity contribution in [2.45, 2.75) is 26.8 Å². The summed E-state index contributed by atoms with van der Waals surface area (Å²) in [6.07, 6.45) is 3.94. The van der Waals surface area contributed by atoms with E-state index in [1.165, 1.54) is 13.2 Å². The molecule has 3 rings (SSSR count). The number of aromatic nitrogens is 2. The first-order valence-corrected chi connectivity index (χ1v) is 11.3. The van der Waals surface area contributed by atoms with Crippen LogP contribution < -0.4 is 9.47 Å². The molecule has 0 saturated carbocycles. The Bertz CT molecular complexity index is 1130. The predicted octanol–water partition coefficient (Wildman–Crippen LogP) is 5.90. The lowest BCUT2D eigenvalue weighted by Gasteiger charge is -2.18.